The monoisotopic (exact) mass is 197 g/mol. The molecule has 0 fully saturated rings. The van der Waals surface area contributed by atoms with Crippen LogP contribution in [0.1, 0.15) is 25.4 Å². The second-order valence-electron chi connectivity index (χ2n) is 3.95. The van der Waals surface area contributed by atoms with Gasteiger partial charge in [-0.1, -0.05) is 13.8 Å². The van der Waals surface area contributed by atoms with E-state index < -0.39 is 17.4 Å². The van der Waals surface area contributed by atoms with Crippen LogP contribution in [0.15, 0.2) is 16.5 Å². The Bertz CT molecular complexity index is 341. The Morgan fingerprint density at radius 2 is 2.14 bits per heavy atom. The SMILES string of the molecule is Cc1ccc(C(C)(C)C(N)C(=O)O)o1. The first-order valence-electron chi connectivity index (χ1n) is 4.41. The van der Waals surface area contributed by atoms with Crippen LogP contribution >= 0.6 is 0 Å². The first-order valence-corrected chi connectivity index (χ1v) is 4.41. The molecule has 14 heavy (non-hydrogen) atoms. The van der Waals surface area contributed by atoms with Gasteiger partial charge in [0, 0.05) is 5.41 Å². The van der Waals surface area contributed by atoms with E-state index in [4.69, 9.17) is 15.3 Å². The number of aliphatic carboxylic acids is 1. The Hall–Kier alpha value is -1.29. The van der Waals surface area contributed by atoms with Crippen molar-refractivity contribution >= 4 is 5.97 Å². The number of carbonyl (C=O) groups is 1. The van der Waals surface area contributed by atoms with E-state index in [-0.39, 0.29) is 0 Å². The number of hydrogen-bond acceptors (Lipinski definition) is 3. The average molecular weight is 197 g/mol. The third-order valence-corrected chi connectivity index (χ3v) is 2.42. The number of nitrogens with two attached hydrogens (primary N) is 1. The molecule has 0 saturated heterocycles. The molecule has 4 nitrogen and oxygen atoms in total. The lowest BCUT2D eigenvalue weighted by Crippen LogP contribution is -2.46. The van der Waals surface area contributed by atoms with Gasteiger partial charge in [-0.25, -0.2) is 0 Å². The van der Waals surface area contributed by atoms with Crippen molar-refractivity contribution in [1.82, 2.24) is 0 Å². The first kappa shape index (κ1) is 10.8. The van der Waals surface area contributed by atoms with E-state index in [2.05, 4.69) is 0 Å². The number of rotatable bonds is 3. The molecule has 0 aliphatic carbocycles. The smallest absolute Gasteiger partial charge is 0.321 e. The number of furan rings is 1. The largest absolute Gasteiger partial charge is 0.480 e. The summed E-state index contributed by atoms with van der Waals surface area (Å²) in [6.07, 6.45) is 0. The van der Waals surface area contributed by atoms with Crippen molar-refractivity contribution in [2.24, 2.45) is 5.73 Å². The molecule has 0 amide bonds. The van der Waals surface area contributed by atoms with Crippen molar-refractivity contribution < 1.29 is 14.3 Å². The number of carboxylic acids is 1. The minimum absolute atomic E-state index is 0.602. The van der Waals surface area contributed by atoms with Gasteiger partial charge in [-0.3, -0.25) is 4.79 Å². The minimum atomic E-state index is -1.02. The third kappa shape index (κ3) is 1.80. The molecule has 0 aliphatic rings. The van der Waals surface area contributed by atoms with Gasteiger partial charge in [0.15, 0.2) is 0 Å². The fourth-order valence-electron chi connectivity index (χ4n) is 1.24. The Labute approximate surface area is 82.7 Å². The van der Waals surface area contributed by atoms with Crippen LogP contribution in [0, 0.1) is 6.92 Å². The molecule has 4 heteroatoms. The van der Waals surface area contributed by atoms with Gasteiger partial charge in [0.05, 0.1) is 0 Å². The van der Waals surface area contributed by atoms with E-state index in [1.807, 2.05) is 6.92 Å². The highest BCUT2D eigenvalue weighted by Crippen LogP contribution is 2.27. The normalized spacial score (nSPS) is 14.0. The fourth-order valence-corrected chi connectivity index (χ4v) is 1.24. The molecule has 3 N–H and O–H groups in total. The second kappa shape index (κ2) is 3.46. The average Bonchev–Trinajstić information content (AvgIpc) is 2.50. The van der Waals surface area contributed by atoms with Crippen LogP contribution in [0.5, 0.6) is 0 Å². The van der Waals surface area contributed by atoms with Gasteiger partial charge >= 0.3 is 5.97 Å². The number of aryl methyl sites for hydroxylation is 1. The van der Waals surface area contributed by atoms with Crippen LogP contribution in [-0.4, -0.2) is 17.1 Å². The summed E-state index contributed by atoms with van der Waals surface area (Å²) in [4.78, 5) is 10.8. The number of carboxylic acid groups (broad SMARTS) is 1. The minimum Gasteiger partial charge on any atom is -0.480 e. The molecule has 0 bridgehead atoms. The van der Waals surface area contributed by atoms with E-state index in [1.54, 1.807) is 26.0 Å². The lowest BCUT2D eigenvalue weighted by Gasteiger charge is -2.26. The van der Waals surface area contributed by atoms with Gasteiger partial charge < -0.3 is 15.3 Å². The predicted molar refractivity (Wildman–Crippen MR) is 52.1 cm³/mol. The lowest BCUT2D eigenvalue weighted by atomic mass is 9.82. The van der Waals surface area contributed by atoms with Gasteiger partial charge in [0.25, 0.3) is 0 Å². The van der Waals surface area contributed by atoms with Gasteiger partial charge in [-0.2, -0.15) is 0 Å². The highest BCUT2D eigenvalue weighted by Gasteiger charge is 2.36. The molecule has 1 rings (SSSR count). The molecule has 0 aromatic carbocycles. The fraction of sp³-hybridized carbons (Fsp3) is 0.500. The zero-order valence-electron chi connectivity index (χ0n) is 8.57. The topological polar surface area (TPSA) is 76.5 Å². The molecule has 0 spiro atoms. The Morgan fingerprint density at radius 1 is 1.57 bits per heavy atom. The maximum absolute atomic E-state index is 10.8. The van der Waals surface area contributed by atoms with Gasteiger partial charge in [0.2, 0.25) is 0 Å². The molecule has 78 valence electrons. The Kier molecular flexibility index (Phi) is 2.66. The molecule has 1 unspecified atom stereocenters. The molecular formula is C10H15NO3. The van der Waals surface area contributed by atoms with E-state index in [9.17, 15) is 4.79 Å². The third-order valence-electron chi connectivity index (χ3n) is 2.42. The summed E-state index contributed by atoms with van der Waals surface area (Å²) in [5.74, 6) is 0.333. The summed E-state index contributed by atoms with van der Waals surface area (Å²) in [5.41, 5.74) is 4.88. The van der Waals surface area contributed by atoms with E-state index >= 15 is 0 Å². The second-order valence-corrected chi connectivity index (χ2v) is 3.95. The molecule has 1 heterocycles. The number of hydrogen-bond donors (Lipinski definition) is 2. The van der Waals surface area contributed by atoms with Crippen LogP contribution < -0.4 is 5.73 Å². The van der Waals surface area contributed by atoms with Crippen molar-refractivity contribution in [3.8, 4) is 0 Å². The predicted octanol–water partition coefficient (Wildman–Crippen LogP) is 1.28. The standard InChI is InChI=1S/C10H15NO3/c1-6-4-5-7(14-6)10(2,3)8(11)9(12)13/h4-5,8H,11H2,1-3H3,(H,12,13). The molecule has 0 aliphatic heterocycles. The van der Waals surface area contributed by atoms with Gasteiger partial charge in [0.1, 0.15) is 17.6 Å². The van der Waals surface area contributed by atoms with Crippen LogP contribution in [-0.2, 0) is 10.2 Å². The summed E-state index contributed by atoms with van der Waals surface area (Å²) >= 11 is 0. The lowest BCUT2D eigenvalue weighted by molar-refractivity contribution is -0.140. The highest BCUT2D eigenvalue weighted by molar-refractivity contribution is 5.75. The van der Waals surface area contributed by atoms with Gasteiger partial charge in [-0.15, -0.1) is 0 Å². The molecule has 1 aromatic rings. The zero-order chi connectivity index (χ0) is 10.9. The quantitative estimate of drug-likeness (QED) is 0.765. The highest BCUT2D eigenvalue weighted by atomic mass is 16.4. The van der Waals surface area contributed by atoms with Crippen LogP contribution in [0.4, 0.5) is 0 Å². The van der Waals surface area contributed by atoms with Crippen molar-refractivity contribution in [2.75, 3.05) is 0 Å². The van der Waals surface area contributed by atoms with Crippen molar-refractivity contribution in [3.05, 3.63) is 23.7 Å². The summed E-state index contributed by atoms with van der Waals surface area (Å²) in [7, 11) is 0. The molecular weight excluding hydrogens is 182 g/mol. The van der Waals surface area contributed by atoms with Gasteiger partial charge in [-0.05, 0) is 19.1 Å². The van der Waals surface area contributed by atoms with E-state index in [0.29, 0.717) is 5.76 Å². The summed E-state index contributed by atoms with van der Waals surface area (Å²) in [6, 6.07) is 2.59. The Balaban J connectivity index is 3.01. The van der Waals surface area contributed by atoms with E-state index in [0.717, 1.165) is 5.76 Å². The summed E-state index contributed by atoms with van der Waals surface area (Å²) in [6.45, 7) is 5.32. The van der Waals surface area contributed by atoms with Crippen LogP contribution in [0.2, 0.25) is 0 Å². The van der Waals surface area contributed by atoms with Crippen molar-refractivity contribution in [2.45, 2.75) is 32.2 Å². The molecule has 1 aromatic heterocycles. The van der Waals surface area contributed by atoms with Crippen LogP contribution in [0.25, 0.3) is 0 Å². The maximum Gasteiger partial charge on any atom is 0.321 e. The summed E-state index contributed by atoms with van der Waals surface area (Å²) in [5, 5.41) is 8.82. The van der Waals surface area contributed by atoms with Crippen molar-refractivity contribution in [3.63, 3.8) is 0 Å². The molecule has 0 saturated carbocycles. The zero-order valence-corrected chi connectivity index (χ0v) is 8.57. The summed E-state index contributed by atoms with van der Waals surface area (Å²) < 4.78 is 5.38. The first-order chi connectivity index (χ1) is 6.35. The van der Waals surface area contributed by atoms with Crippen molar-refractivity contribution in [1.29, 1.82) is 0 Å². The maximum atomic E-state index is 10.8. The van der Waals surface area contributed by atoms with E-state index in [1.165, 1.54) is 0 Å². The molecule has 0 radical (unpaired) electrons. The molecule has 1 atom stereocenters. The Morgan fingerprint density at radius 3 is 2.50 bits per heavy atom. The van der Waals surface area contributed by atoms with Crippen LogP contribution in [0.3, 0.4) is 0 Å².